The van der Waals surface area contributed by atoms with Crippen LogP contribution in [0.25, 0.3) is 22.6 Å². The number of nitrogens with zero attached hydrogens (tertiary/aromatic N) is 5. The molecule has 0 spiro atoms. The molecule has 1 unspecified atom stereocenters. The molecule has 0 saturated carbocycles. The standard InChI is InChI=1S/C23H22N6O2/c1-14-5-6-16(12-26-14)31-22-11-19-18(27-23(28-19)20-13-24-7-8-25-20)10-17(22)21-4-3-9-29(21)15(2)30/h5-8,10-13,21H,3-4,9H2,1-2H3,(H,27,28). The average Bonchev–Trinajstić information content (AvgIpc) is 3.42. The van der Waals surface area contributed by atoms with E-state index < -0.39 is 0 Å². The van der Waals surface area contributed by atoms with Gasteiger partial charge < -0.3 is 14.6 Å². The van der Waals surface area contributed by atoms with Crippen LogP contribution in [-0.4, -0.2) is 42.3 Å². The van der Waals surface area contributed by atoms with E-state index in [0.717, 1.165) is 41.7 Å². The summed E-state index contributed by atoms with van der Waals surface area (Å²) < 4.78 is 6.25. The largest absolute Gasteiger partial charge is 0.455 e. The highest BCUT2D eigenvalue weighted by atomic mass is 16.5. The van der Waals surface area contributed by atoms with E-state index in [0.29, 0.717) is 23.0 Å². The van der Waals surface area contributed by atoms with Crippen molar-refractivity contribution in [1.82, 2.24) is 29.8 Å². The number of pyridine rings is 1. The summed E-state index contributed by atoms with van der Waals surface area (Å²) >= 11 is 0. The Labute approximate surface area is 179 Å². The smallest absolute Gasteiger partial charge is 0.219 e. The zero-order chi connectivity index (χ0) is 21.4. The van der Waals surface area contributed by atoms with Crippen molar-refractivity contribution in [3.63, 3.8) is 0 Å². The molecule has 1 fully saturated rings. The Bertz CT molecular complexity index is 1240. The molecule has 1 amide bonds. The molecule has 0 aliphatic carbocycles. The maximum atomic E-state index is 12.2. The Morgan fingerprint density at radius 1 is 1.19 bits per heavy atom. The first-order valence-corrected chi connectivity index (χ1v) is 10.3. The second-order valence-corrected chi connectivity index (χ2v) is 7.69. The highest BCUT2D eigenvalue weighted by Gasteiger charge is 2.31. The summed E-state index contributed by atoms with van der Waals surface area (Å²) in [6.07, 6.45) is 8.48. The van der Waals surface area contributed by atoms with E-state index in [1.54, 1.807) is 31.7 Å². The van der Waals surface area contributed by atoms with E-state index in [4.69, 9.17) is 4.74 Å². The molecule has 1 N–H and O–H groups in total. The number of hydrogen-bond acceptors (Lipinski definition) is 6. The lowest BCUT2D eigenvalue weighted by molar-refractivity contribution is -0.129. The number of imidazole rings is 1. The van der Waals surface area contributed by atoms with Gasteiger partial charge >= 0.3 is 0 Å². The number of ether oxygens (including phenoxy) is 1. The predicted octanol–water partition coefficient (Wildman–Crippen LogP) is 4.20. The number of H-pyrrole nitrogens is 1. The Hall–Kier alpha value is -3.81. The van der Waals surface area contributed by atoms with Crippen LogP contribution in [0, 0.1) is 6.92 Å². The van der Waals surface area contributed by atoms with Crippen LogP contribution in [0.2, 0.25) is 0 Å². The van der Waals surface area contributed by atoms with Gasteiger partial charge in [-0.15, -0.1) is 0 Å². The molecule has 3 aromatic heterocycles. The highest BCUT2D eigenvalue weighted by Crippen LogP contribution is 2.40. The van der Waals surface area contributed by atoms with Gasteiger partial charge in [-0.25, -0.2) is 9.97 Å². The van der Waals surface area contributed by atoms with E-state index in [9.17, 15) is 4.79 Å². The van der Waals surface area contributed by atoms with Crippen LogP contribution in [0.3, 0.4) is 0 Å². The minimum Gasteiger partial charge on any atom is -0.455 e. The number of fused-ring (bicyclic) bond motifs is 1. The number of benzene rings is 1. The summed E-state index contributed by atoms with van der Waals surface area (Å²) in [6.45, 7) is 4.29. The molecular formula is C23H22N6O2. The van der Waals surface area contributed by atoms with Crippen molar-refractivity contribution in [3.8, 4) is 23.0 Å². The first-order valence-electron chi connectivity index (χ1n) is 10.3. The quantitative estimate of drug-likeness (QED) is 0.538. The average molecular weight is 414 g/mol. The molecule has 5 rings (SSSR count). The molecule has 156 valence electrons. The number of hydrogen-bond donors (Lipinski definition) is 1. The van der Waals surface area contributed by atoms with Gasteiger partial charge in [-0.2, -0.15) is 0 Å². The van der Waals surface area contributed by atoms with Crippen molar-refractivity contribution in [1.29, 1.82) is 0 Å². The maximum Gasteiger partial charge on any atom is 0.219 e. The van der Waals surface area contributed by atoms with Gasteiger partial charge in [0.05, 0.1) is 29.5 Å². The normalized spacial score (nSPS) is 16.1. The summed E-state index contributed by atoms with van der Waals surface area (Å²) in [5, 5.41) is 0. The Kier molecular flexibility index (Phi) is 4.82. The number of carbonyl (C=O) groups excluding carboxylic acids is 1. The molecule has 0 bridgehead atoms. The number of aromatic nitrogens is 5. The van der Waals surface area contributed by atoms with Crippen molar-refractivity contribution < 1.29 is 9.53 Å². The van der Waals surface area contributed by atoms with Gasteiger partial charge in [0.15, 0.2) is 5.82 Å². The summed E-state index contributed by atoms with van der Waals surface area (Å²) in [6, 6.07) is 7.70. The maximum absolute atomic E-state index is 12.2. The summed E-state index contributed by atoms with van der Waals surface area (Å²) in [4.78, 5) is 34.9. The number of nitrogens with one attached hydrogen (secondary N) is 1. The fourth-order valence-corrected chi connectivity index (χ4v) is 4.05. The number of rotatable bonds is 4. The monoisotopic (exact) mass is 414 g/mol. The Morgan fingerprint density at radius 3 is 2.84 bits per heavy atom. The van der Waals surface area contributed by atoms with Crippen LogP contribution >= 0.6 is 0 Å². The van der Waals surface area contributed by atoms with Gasteiger partial charge in [0.2, 0.25) is 5.91 Å². The first kappa shape index (κ1) is 19.2. The molecule has 1 atom stereocenters. The van der Waals surface area contributed by atoms with Crippen molar-refractivity contribution in [2.75, 3.05) is 6.54 Å². The Morgan fingerprint density at radius 2 is 2.10 bits per heavy atom. The Balaban J connectivity index is 1.62. The molecular weight excluding hydrogens is 392 g/mol. The molecule has 4 heterocycles. The zero-order valence-corrected chi connectivity index (χ0v) is 17.4. The van der Waals surface area contributed by atoms with Crippen LogP contribution in [0.15, 0.2) is 49.1 Å². The van der Waals surface area contributed by atoms with Crippen LogP contribution in [0.5, 0.6) is 11.5 Å². The van der Waals surface area contributed by atoms with E-state index in [-0.39, 0.29) is 11.9 Å². The predicted molar refractivity (Wildman–Crippen MR) is 116 cm³/mol. The van der Waals surface area contributed by atoms with Gasteiger partial charge in [0.25, 0.3) is 0 Å². The third-order valence-electron chi connectivity index (χ3n) is 5.55. The van der Waals surface area contributed by atoms with E-state index >= 15 is 0 Å². The van der Waals surface area contributed by atoms with E-state index in [2.05, 4.69) is 24.9 Å². The molecule has 1 aliphatic rings. The second-order valence-electron chi connectivity index (χ2n) is 7.69. The van der Waals surface area contributed by atoms with Gasteiger partial charge in [0.1, 0.15) is 17.2 Å². The summed E-state index contributed by atoms with van der Waals surface area (Å²) in [7, 11) is 0. The van der Waals surface area contributed by atoms with Crippen molar-refractivity contribution >= 4 is 16.9 Å². The van der Waals surface area contributed by atoms with Crippen LogP contribution in [0.1, 0.15) is 37.1 Å². The summed E-state index contributed by atoms with van der Waals surface area (Å²) in [5.41, 5.74) is 4.15. The molecule has 8 heteroatoms. The number of amides is 1. The van der Waals surface area contributed by atoms with Gasteiger partial charge in [-0.1, -0.05) is 0 Å². The number of aryl methyl sites for hydroxylation is 1. The minimum absolute atomic E-state index is 0.0430. The number of carbonyl (C=O) groups is 1. The number of likely N-dealkylation sites (tertiary alicyclic amines) is 1. The SMILES string of the molecule is CC(=O)N1CCCC1c1cc2[nH]c(-c3cnccn3)nc2cc1Oc1ccc(C)nc1. The van der Waals surface area contributed by atoms with E-state index in [1.807, 2.05) is 36.1 Å². The number of aromatic amines is 1. The van der Waals surface area contributed by atoms with Gasteiger partial charge in [-0.05, 0) is 38.0 Å². The fourth-order valence-electron chi connectivity index (χ4n) is 4.05. The minimum atomic E-state index is -0.0430. The van der Waals surface area contributed by atoms with Crippen molar-refractivity contribution in [2.45, 2.75) is 32.7 Å². The first-order chi connectivity index (χ1) is 15.1. The zero-order valence-electron chi connectivity index (χ0n) is 17.4. The highest BCUT2D eigenvalue weighted by molar-refractivity contribution is 5.82. The second kappa shape index (κ2) is 7.79. The molecule has 0 radical (unpaired) electrons. The fraction of sp³-hybridized carbons (Fsp3) is 0.261. The molecule has 1 aliphatic heterocycles. The lowest BCUT2D eigenvalue weighted by Crippen LogP contribution is -2.28. The van der Waals surface area contributed by atoms with E-state index in [1.165, 1.54) is 0 Å². The molecule has 31 heavy (non-hydrogen) atoms. The third-order valence-corrected chi connectivity index (χ3v) is 5.55. The van der Waals surface area contributed by atoms with Crippen LogP contribution in [-0.2, 0) is 4.79 Å². The lowest BCUT2D eigenvalue weighted by Gasteiger charge is -2.25. The molecule has 1 aromatic carbocycles. The van der Waals surface area contributed by atoms with Gasteiger partial charge in [0, 0.05) is 43.2 Å². The third kappa shape index (κ3) is 3.72. The topological polar surface area (TPSA) is 96.9 Å². The molecule has 4 aromatic rings. The van der Waals surface area contributed by atoms with Crippen LogP contribution < -0.4 is 4.74 Å². The van der Waals surface area contributed by atoms with Crippen molar-refractivity contribution in [2.24, 2.45) is 0 Å². The van der Waals surface area contributed by atoms with Crippen LogP contribution in [0.4, 0.5) is 0 Å². The van der Waals surface area contributed by atoms with Crippen molar-refractivity contribution in [3.05, 3.63) is 60.3 Å². The van der Waals surface area contributed by atoms with Gasteiger partial charge in [-0.3, -0.25) is 14.8 Å². The summed E-state index contributed by atoms with van der Waals surface area (Å²) in [5.74, 6) is 2.02. The molecule has 1 saturated heterocycles. The molecule has 8 nitrogen and oxygen atoms in total. The lowest BCUT2D eigenvalue weighted by atomic mass is 10.0.